The van der Waals surface area contributed by atoms with Crippen LogP contribution in [0.15, 0.2) is 36.4 Å². The molecule has 4 nitrogen and oxygen atoms in total. The van der Waals surface area contributed by atoms with Crippen LogP contribution < -0.4 is 5.32 Å². The molecule has 0 heterocycles. The molecule has 26 heavy (non-hydrogen) atoms. The van der Waals surface area contributed by atoms with Crippen molar-refractivity contribution in [1.29, 1.82) is 0 Å². The number of carbonyl (C=O) groups excluding carboxylic acids is 2. The Morgan fingerprint density at radius 1 is 0.962 bits per heavy atom. The third kappa shape index (κ3) is 4.72. The van der Waals surface area contributed by atoms with Crippen molar-refractivity contribution in [3.63, 3.8) is 0 Å². The van der Waals surface area contributed by atoms with E-state index in [4.69, 9.17) is 4.74 Å². The average molecular weight is 353 g/mol. The van der Waals surface area contributed by atoms with Crippen LogP contribution in [-0.4, -0.2) is 18.0 Å². The van der Waals surface area contributed by atoms with E-state index in [9.17, 15) is 9.59 Å². The second kappa shape index (κ2) is 8.17. The Morgan fingerprint density at radius 2 is 1.58 bits per heavy atom. The molecule has 0 aliphatic rings. The number of para-hydroxylation sites is 1. The minimum atomic E-state index is -0.886. The second-order valence-corrected chi connectivity index (χ2v) is 7.11. The molecule has 0 saturated carbocycles. The Morgan fingerprint density at radius 3 is 2.15 bits per heavy atom. The number of hydrogen-bond donors (Lipinski definition) is 1. The molecule has 0 unspecified atom stereocenters. The summed E-state index contributed by atoms with van der Waals surface area (Å²) in [5.74, 6) is -0.550. The molecule has 0 radical (unpaired) electrons. The molecule has 0 aliphatic heterocycles. The molecule has 2 aromatic rings. The molecule has 0 saturated heterocycles. The fraction of sp³-hybridized carbons (Fsp3) is 0.364. The standard InChI is InChI=1S/C22H27NO3/c1-13(2)19-9-7-8-16(5)20(19)23-21(24)17(6)26-22(25)18-11-14(3)10-15(4)12-18/h7-13,17H,1-6H3,(H,23,24)/t17-/m1/s1. The summed E-state index contributed by atoms with van der Waals surface area (Å²) in [6.45, 7) is 11.5. The number of esters is 1. The number of rotatable bonds is 5. The smallest absolute Gasteiger partial charge is 0.338 e. The highest BCUT2D eigenvalue weighted by Crippen LogP contribution is 2.27. The number of nitrogens with one attached hydrogen (secondary N) is 1. The van der Waals surface area contributed by atoms with E-state index in [-0.39, 0.29) is 11.8 Å². The van der Waals surface area contributed by atoms with E-state index in [1.165, 1.54) is 0 Å². The molecule has 0 bridgehead atoms. The maximum absolute atomic E-state index is 12.6. The van der Waals surface area contributed by atoms with Crippen molar-refractivity contribution in [3.05, 3.63) is 64.2 Å². The quantitative estimate of drug-likeness (QED) is 0.776. The van der Waals surface area contributed by atoms with E-state index in [0.717, 1.165) is 27.9 Å². The van der Waals surface area contributed by atoms with Gasteiger partial charge in [-0.1, -0.05) is 49.2 Å². The Balaban J connectivity index is 2.12. The number of hydrogen-bond acceptors (Lipinski definition) is 3. The Hall–Kier alpha value is -2.62. The molecule has 0 fully saturated rings. The zero-order valence-electron chi connectivity index (χ0n) is 16.3. The maximum Gasteiger partial charge on any atom is 0.338 e. The number of benzene rings is 2. The lowest BCUT2D eigenvalue weighted by Crippen LogP contribution is -2.30. The summed E-state index contributed by atoms with van der Waals surface area (Å²) in [6, 6.07) is 11.4. The number of amides is 1. The van der Waals surface area contributed by atoms with Crippen LogP contribution in [0.1, 0.15) is 59.3 Å². The van der Waals surface area contributed by atoms with Gasteiger partial charge in [0.2, 0.25) is 0 Å². The van der Waals surface area contributed by atoms with E-state index in [0.29, 0.717) is 5.56 Å². The van der Waals surface area contributed by atoms with Gasteiger partial charge in [-0.25, -0.2) is 4.79 Å². The van der Waals surface area contributed by atoms with Gasteiger partial charge in [0.15, 0.2) is 6.10 Å². The summed E-state index contributed by atoms with van der Waals surface area (Å²) < 4.78 is 5.37. The fourth-order valence-corrected chi connectivity index (χ4v) is 2.94. The lowest BCUT2D eigenvalue weighted by atomic mass is 9.98. The SMILES string of the molecule is Cc1cc(C)cc(C(=O)O[C@H](C)C(=O)Nc2c(C)cccc2C(C)C)c1. The van der Waals surface area contributed by atoms with Crippen LogP contribution in [0.2, 0.25) is 0 Å². The zero-order chi connectivity index (χ0) is 19.4. The molecule has 2 aromatic carbocycles. The highest BCUT2D eigenvalue weighted by Gasteiger charge is 2.21. The van der Waals surface area contributed by atoms with Gasteiger partial charge >= 0.3 is 5.97 Å². The predicted molar refractivity (Wildman–Crippen MR) is 105 cm³/mol. The topological polar surface area (TPSA) is 55.4 Å². The van der Waals surface area contributed by atoms with Crippen molar-refractivity contribution in [1.82, 2.24) is 0 Å². The van der Waals surface area contributed by atoms with Gasteiger partial charge in [0.25, 0.3) is 5.91 Å². The number of carbonyl (C=O) groups is 2. The molecular formula is C22H27NO3. The van der Waals surface area contributed by atoms with Crippen LogP contribution in [0.3, 0.4) is 0 Å². The van der Waals surface area contributed by atoms with Gasteiger partial charge in [-0.3, -0.25) is 4.79 Å². The summed E-state index contributed by atoms with van der Waals surface area (Å²) in [7, 11) is 0. The van der Waals surface area contributed by atoms with Gasteiger partial charge in [-0.2, -0.15) is 0 Å². The highest BCUT2D eigenvalue weighted by atomic mass is 16.5. The maximum atomic E-state index is 12.6. The molecule has 1 N–H and O–H groups in total. The Bertz CT molecular complexity index is 804. The lowest BCUT2D eigenvalue weighted by molar-refractivity contribution is -0.123. The van der Waals surface area contributed by atoms with Crippen molar-refractivity contribution in [2.75, 3.05) is 5.32 Å². The van der Waals surface area contributed by atoms with E-state index in [1.807, 2.05) is 45.0 Å². The summed E-state index contributed by atoms with van der Waals surface area (Å²) in [6.07, 6.45) is -0.886. The minimum Gasteiger partial charge on any atom is -0.449 e. The van der Waals surface area contributed by atoms with Gasteiger partial charge in [-0.05, 0) is 56.9 Å². The van der Waals surface area contributed by atoms with Crippen molar-refractivity contribution in [2.24, 2.45) is 0 Å². The fourth-order valence-electron chi connectivity index (χ4n) is 2.94. The van der Waals surface area contributed by atoms with Gasteiger partial charge in [0, 0.05) is 5.69 Å². The van der Waals surface area contributed by atoms with E-state index in [1.54, 1.807) is 19.1 Å². The monoisotopic (exact) mass is 353 g/mol. The van der Waals surface area contributed by atoms with Crippen LogP contribution in [0.5, 0.6) is 0 Å². The molecule has 0 spiro atoms. The van der Waals surface area contributed by atoms with Gasteiger partial charge < -0.3 is 10.1 Å². The van der Waals surface area contributed by atoms with Crippen molar-refractivity contribution >= 4 is 17.6 Å². The Kier molecular flexibility index (Phi) is 6.19. The first kappa shape index (κ1) is 19.7. The highest BCUT2D eigenvalue weighted by molar-refractivity contribution is 5.98. The molecular weight excluding hydrogens is 326 g/mol. The zero-order valence-corrected chi connectivity index (χ0v) is 16.3. The Labute approximate surface area is 155 Å². The summed E-state index contributed by atoms with van der Waals surface area (Å²) in [4.78, 5) is 24.9. The normalized spacial score (nSPS) is 12.0. The third-order valence-corrected chi connectivity index (χ3v) is 4.29. The van der Waals surface area contributed by atoms with Crippen LogP contribution in [0, 0.1) is 20.8 Å². The molecule has 138 valence electrons. The van der Waals surface area contributed by atoms with Crippen LogP contribution >= 0.6 is 0 Å². The molecule has 2 rings (SSSR count). The first-order valence-corrected chi connectivity index (χ1v) is 8.88. The van der Waals surface area contributed by atoms with E-state index < -0.39 is 12.1 Å². The minimum absolute atomic E-state index is 0.276. The lowest BCUT2D eigenvalue weighted by Gasteiger charge is -2.19. The number of aryl methyl sites for hydroxylation is 3. The predicted octanol–water partition coefficient (Wildman–Crippen LogP) is 4.92. The summed E-state index contributed by atoms with van der Waals surface area (Å²) >= 11 is 0. The first-order valence-electron chi connectivity index (χ1n) is 8.88. The number of ether oxygens (including phenoxy) is 1. The first-order chi connectivity index (χ1) is 12.2. The van der Waals surface area contributed by atoms with Crippen LogP contribution in [0.25, 0.3) is 0 Å². The third-order valence-electron chi connectivity index (χ3n) is 4.29. The van der Waals surface area contributed by atoms with Crippen LogP contribution in [0.4, 0.5) is 5.69 Å². The largest absolute Gasteiger partial charge is 0.449 e. The van der Waals surface area contributed by atoms with E-state index >= 15 is 0 Å². The molecule has 1 amide bonds. The molecule has 4 heteroatoms. The average Bonchev–Trinajstić information content (AvgIpc) is 2.55. The van der Waals surface area contributed by atoms with Gasteiger partial charge in [0.05, 0.1) is 5.56 Å². The van der Waals surface area contributed by atoms with Crippen molar-refractivity contribution < 1.29 is 14.3 Å². The van der Waals surface area contributed by atoms with Gasteiger partial charge in [0.1, 0.15) is 0 Å². The molecule has 0 aliphatic carbocycles. The summed E-state index contributed by atoms with van der Waals surface area (Å²) in [5.41, 5.74) is 5.26. The molecule has 0 aromatic heterocycles. The second-order valence-electron chi connectivity index (χ2n) is 7.11. The molecule has 1 atom stereocenters. The van der Waals surface area contributed by atoms with E-state index in [2.05, 4.69) is 19.2 Å². The van der Waals surface area contributed by atoms with Crippen LogP contribution in [-0.2, 0) is 9.53 Å². The van der Waals surface area contributed by atoms with Gasteiger partial charge in [-0.15, -0.1) is 0 Å². The van der Waals surface area contributed by atoms with Crippen molar-refractivity contribution in [2.45, 2.75) is 53.6 Å². The number of anilines is 1. The van der Waals surface area contributed by atoms with Crippen molar-refractivity contribution in [3.8, 4) is 0 Å². The summed E-state index contributed by atoms with van der Waals surface area (Å²) in [5, 5.41) is 2.92.